The molecular weight excluding hydrogens is 482 g/mol. The Hall–Kier alpha value is -2.49. The van der Waals surface area contributed by atoms with E-state index in [9.17, 15) is 4.39 Å². The molecule has 0 saturated carbocycles. The second-order valence-electron chi connectivity index (χ2n) is 6.41. The Morgan fingerprint density at radius 2 is 1.86 bits per heavy atom. The second kappa shape index (κ2) is 12.2. The first-order valence-corrected chi connectivity index (χ1v) is 9.40. The molecule has 0 amide bonds. The van der Waals surface area contributed by atoms with Gasteiger partial charge >= 0.3 is 0 Å². The topological polar surface area (TPSA) is 67.1 Å². The van der Waals surface area contributed by atoms with Gasteiger partial charge in [-0.15, -0.1) is 24.0 Å². The van der Waals surface area contributed by atoms with E-state index in [0.29, 0.717) is 19.6 Å². The molecule has 2 aromatic carbocycles. The molecule has 0 aliphatic carbocycles. The number of hydrogen-bond donors (Lipinski definition) is 2. The number of benzene rings is 2. The third-order valence-corrected chi connectivity index (χ3v) is 4.16. The smallest absolute Gasteiger partial charge is 0.191 e. The average molecular weight is 508 g/mol. The third-order valence-electron chi connectivity index (χ3n) is 4.16. The van der Waals surface area contributed by atoms with E-state index in [1.54, 1.807) is 23.1 Å². The van der Waals surface area contributed by atoms with Crippen LogP contribution in [-0.4, -0.2) is 33.8 Å². The summed E-state index contributed by atoms with van der Waals surface area (Å²) in [7, 11) is 0. The van der Waals surface area contributed by atoms with Gasteiger partial charge in [0.25, 0.3) is 0 Å². The monoisotopic (exact) mass is 508 g/mol. The molecule has 0 spiro atoms. The van der Waals surface area contributed by atoms with Crippen LogP contribution in [0.3, 0.4) is 0 Å². The number of guanidine groups is 1. The maximum Gasteiger partial charge on any atom is 0.191 e. The Labute approximate surface area is 187 Å². The van der Waals surface area contributed by atoms with E-state index in [-0.39, 0.29) is 29.8 Å². The first-order chi connectivity index (χ1) is 13.7. The highest BCUT2D eigenvalue weighted by atomic mass is 127. The zero-order valence-electron chi connectivity index (χ0n) is 16.4. The van der Waals surface area contributed by atoms with Crippen LogP contribution in [0.2, 0.25) is 0 Å². The lowest BCUT2D eigenvalue weighted by Crippen LogP contribution is -2.38. The van der Waals surface area contributed by atoms with Crippen molar-refractivity contribution in [1.82, 2.24) is 25.4 Å². The van der Waals surface area contributed by atoms with Gasteiger partial charge in [0.2, 0.25) is 0 Å². The van der Waals surface area contributed by atoms with Crippen molar-refractivity contribution >= 4 is 29.9 Å². The summed E-state index contributed by atoms with van der Waals surface area (Å²) < 4.78 is 15.1. The highest BCUT2D eigenvalue weighted by Crippen LogP contribution is 2.08. The van der Waals surface area contributed by atoms with Crippen LogP contribution < -0.4 is 10.6 Å². The minimum absolute atomic E-state index is 0. The molecule has 3 rings (SSSR count). The molecule has 2 N–H and O–H groups in total. The number of halogens is 2. The number of nitrogens with one attached hydrogen (secondary N) is 2. The maximum absolute atomic E-state index is 13.3. The Morgan fingerprint density at radius 1 is 1.07 bits per heavy atom. The van der Waals surface area contributed by atoms with Gasteiger partial charge in [0, 0.05) is 13.1 Å². The van der Waals surface area contributed by atoms with E-state index in [4.69, 9.17) is 0 Å². The lowest BCUT2D eigenvalue weighted by atomic mass is 10.1. The number of aromatic nitrogens is 3. The Morgan fingerprint density at radius 3 is 2.62 bits per heavy atom. The minimum Gasteiger partial charge on any atom is -0.357 e. The predicted molar refractivity (Wildman–Crippen MR) is 124 cm³/mol. The van der Waals surface area contributed by atoms with Crippen LogP contribution in [0, 0.1) is 5.82 Å². The van der Waals surface area contributed by atoms with Crippen LogP contribution in [0.4, 0.5) is 4.39 Å². The molecule has 8 heteroatoms. The second-order valence-corrected chi connectivity index (χ2v) is 6.41. The van der Waals surface area contributed by atoms with Crippen molar-refractivity contribution in [2.24, 2.45) is 4.99 Å². The number of hydrogen-bond acceptors (Lipinski definition) is 3. The summed E-state index contributed by atoms with van der Waals surface area (Å²) in [6, 6.07) is 15.0. The lowest BCUT2D eigenvalue weighted by Gasteiger charge is -2.11. The van der Waals surface area contributed by atoms with Crippen molar-refractivity contribution in [2.75, 3.05) is 13.1 Å². The van der Waals surface area contributed by atoms with Crippen molar-refractivity contribution in [3.8, 4) is 0 Å². The zero-order valence-corrected chi connectivity index (χ0v) is 18.7. The molecule has 0 bridgehead atoms. The predicted octanol–water partition coefficient (Wildman–Crippen LogP) is 3.38. The molecule has 29 heavy (non-hydrogen) atoms. The van der Waals surface area contributed by atoms with Crippen LogP contribution in [0.25, 0.3) is 0 Å². The zero-order chi connectivity index (χ0) is 19.6. The molecule has 0 saturated heterocycles. The van der Waals surface area contributed by atoms with Gasteiger partial charge in [0.15, 0.2) is 5.96 Å². The fraction of sp³-hybridized carbons (Fsp3) is 0.286. The van der Waals surface area contributed by atoms with Gasteiger partial charge in [-0.1, -0.05) is 36.4 Å². The van der Waals surface area contributed by atoms with E-state index in [2.05, 4.69) is 43.9 Å². The van der Waals surface area contributed by atoms with Gasteiger partial charge < -0.3 is 10.6 Å². The minimum atomic E-state index is -0.205. The summed E-state index contributed by atoms with van der Waals surface area (Å²) in [5.74, 6) is 0.546. The highest BCUT2D eigenvalue weighted by Gasteiger charge is 2.01. The average Bonchev–Trinajstić information content (AvgIpc) is 3.19. The van der Waals surface area contributed by atoms with Gasteiger partial charge in [-0.05, 0) is 42.2 Å². The van der Waals surface area contributed by atoms with Gasteiger partial charge in [-0.25, -0.2) is 19.0 Å². The molecule has 0 atom stereocenters. The molecule has 1 heterocycles. The van der Waals surface area contributed by atoms with Crippen LogP contribution >= 0.6 is 24.0 Å². The van der Waals surface area contributed by atoms with E-state index >= 15 is 0 Å². The summed E-state index contributed by atoms with van der Waals surface area (Å²) in [4.78, 5) is 8.62. The Balaban J connectivity index is 0.00000300. The van der Waals surface area contributed by atoms with Gasteiger partial charge in [-0.2, -0.15) is 5.10 Å². The number of aliphatic imine (C=N–C) groups is 1. The highest BCUT2D eigenvalue weighted by molar-refractivity contribution is 14.0. The Kier molecular flexibility index (Phi) is 9.55. The molecule has 0 aliphatic rings. The summed E-state index contributed by atoms with van der Waals surface area (Å²) in [5, 5.41) is 10.7. The van der Waals surface area contributed by atoms with Crippen LogP contribution in [0.15, 0.2) is 66.2 Å². The number of rotatable bonds is 8. The SMILES string of the molecule is CCNC(=NCc1cccc(Cn2cncn2)c1)NCCc1cccc(F)c1.I. The number of nitrogens with zero attached hydrogens (tertiary/aromatic N) is 4. The van der Waals surface area contributed by atoms with Crippen molar-refractivity contribution in [2.45, 2.75) is 26.4 Å². The van der Waals surface area contributed by atoms with Crippen molar-refractivity contribution in [1.29, 1.82) is 0 Å². The van der Waals surface area contributed by atoms with Crippen molar-refractivity contribution < 1.29 is 4.39 Å². The summed E-state index contributed by atoms with van der Waals surface area (Å²) in [5.41, 5.74) is 3.24. The molecule has 0 aliphatic heterocycles. The molecule has 0 fully saturated rings. The molecule has 154 valence electrons. The fourth-order valence-electron chi connectivity index (χ4n) is 2.86. The Bertz CT molecular complexity index is 898. The summed E-state index contributed by atoms with van der Waals surface area (Å²) in [6.45, 7) is 4.74. The van der Waals surface area contributed by atoms with E-state index in [1.165, 1.54) is 12.4 Å². The fourth-order valence-corrected chi connectivity index (χ4v) is 2.86. The van der Waals surface area contributed by atoms with E-state index in [0.717, 1.165) is 35.6 Å². The van der Waals surface area contributed by atoms with Gasteiger partial charge in [0.05, 0.1) is 13.1 Å². The first kappa shape index (κ1) is 22.8. The van der Waals surface area contributed by atoms with Crippen molar-refractivity contribution in [3.63, 3.8) is 0 Å². The molecule has 0 unspecified atom stereocenters. The van der Waals surface area contributed by atoms with Crippen LogP contribution in [0.5, 0.6) is 0 Å². The molecule has 1 aromatic heterocycles. The molecule has 0 radical (unpaired) electrons. The quantitative estimate of drug-likeness (QED) is 0.278. The van der Waals surface area contributed by atoms with Gasteiger partial charge in [0.1, 0.15) is 18.5 Å². The summed E-state index contributed by atoms with van der Waals surface area (Å²) >= 11 is 0. The molecule has 6 nitrogen and oxygen atoms in total. The standard InChI is InChI=1S/C21H25FN6.HI/c1-2-24-21(25-10-9-17-5-4-8-20(22)12-17)26-13-18-6-3-7-19(11-18)14-28-16-23-15-27-28;/h3-8,11-12,15-16H,2,9-10,13-14H2,1H3,(H2,24,25,26);1H. The molecule has 3 aromatic rings. The van der Waals surface area contributed by atoms with Gasteiger partial charge in [-0.3, -0.25) is 0 Å². The normalized spacial score (nSPS) is 11.0. The summed E-state index contributed by atoms with van der Waals surface area (Å²) in [6.07, 6.45) is 3.97. The largest absolute Gasteiger partial charge is 0.357 e. The maximum atomic E-state index is 13.3. The van der Waals surface area contributed by atoms with Crippen LogP contribution in [-0.2, 0) is 19.5 Å². The van der Waals surface area contributed by atoms with E-state index < -0.39 is 0 Å². The lowest BCUT2D eigenvalue weighted by molar-refractivity contribution is 0.625. The third kappa shape index (κ3) is 7.80. The van der Waals surface area contributed by atoms with Crippen LogP contribution in [0.1, 0.15) is 23.6 Å². The van der Waals surface area contributed by atoms with Crippen molar-refractivity contribution in [3.05, 3.63) is 83.7 Å². The first-order valence-electron chi connectivity index (χ1n) is 9.40. The van der Waals surface area contributed by atoms with E-state index in [1.807, 2.05) is 19.1 Å². The molecular formula is C21H26FIN6.